The van der Waals surface area contributed by atoms with Gasteiger partial charge in [-0.1, -0.05) is 12.1 Å². The van der Waals surface area contributed by atoms with Gasteiger partial charge >= 0.3 is 5.97 Å². The van der Waals surface area contributed by atoms with Gasteiger partial charge in [0, 0.05) is 6.08 Å². The molecule has 102 valence electrons. The SMILES string of the molecule is O=C(O)/C=C/c1ccc(OCc2cccc(O)c2)cn1. The third-order valence-corrected chi connectivity index (χ3v) is 2.47. The maximum absolute atomic E-state index is 10.4. The molecule has 5 nitrogen and oxygen atoms in total. The van der Waals surface area contributed by atoms with E-state index in [4.69, 9.17) is 9.84 Å². The highest BCUT2D eigenvalue weighted by Gasteiger charge is 1.98. The van der Waals surface area contributed by atoms with Crippen LogP contribution in [0.15, 0.2) is 48.7 Å². The quantitative estimate of drug-likeness (QED) is 0.816. The van der Waals surface area contributed by atoms with Crippen molar-refractivity contribution in [3.63, 3.8) is 0 Å². The zero-order valence-corrected chi connectivity index (χ0v) is 10.6. The van der Waals surface area contributed by atoms with Crippen LogP contribution in [0.25, 0.3) is 6.08 Å². The van der Waals surface area contributed by atoms with E-state index in [9.17, 15) is 9.90 Å². The Morgan fingerprint density at radius 3 is 2.80 bits per heavy atom. The molecule has 0 saturated heterocycles. The summed E-state index contributed by atoms with van der Waals surface area (Å²) in [6.07, 6.45) is 3.95. The molecule has 5 heteroatoms. The molecular weight excluding hydrogens is 258 g/mol. The lowest BCUT2D eigenvalue weighted by Crippen LogP contribution is -1.96. The number of phenols is 1. The van der Waals surface area contributed by atoms with E-state index in [1.54, 1.807) is 30.3 Å². The molecule has 20 heavy (non-hydrogen) atoms. The van der Waals surface area contributed by atoms with Crippen molar-refractivity contribution < 1.29 is 19.7 Å². The first-order valence-electron chi connectivity index (χ1n) is 5.91. The van der Waals surface area contributed by atoms with Gasteiger partial charge < -0.3 is 14.9 Å². The number of aromatic nitrogens is 1. The zero-order valence-electron chi connectivity index (χ0n) is 10.6. The fourth-order valence-corrected chi connectivity index (χ4v) is 1.55. The number of carboxylic acids is 1. The number of nitrogens with zero attached hydrogens (tertiary/aromatic N) is 1. The minimum absolute atomic E-state index is 0.193. The van der Waals surface area contributed by atoms with Gasteiger partial charge in [0.15, 0.2) is 0 Å². The van der Waals surface area contributed by atoms with E-state index in [2.05, 4.69) is 4.98 Å². The number of aliphatic carboxylic acids is 1. The minimum Gasteiger partial charge on any atom is -0.508 e. The van der Waals surface area contributed by atoms with Gasteiger partial charge in [0.25, 0.3) is 0 Å². The standard InChI is InChI=1S/C15H13NO4/c17-13-3-1-2-11(8-13)10-20-14-6-4-12(16-9-14)5-7-15(18)19/h1-9,17H,10H2,(H,18,19)/b7-5+. The van der Waals surface area contributed by atoms with Crippen molar-refractivity contribution in [2.45, 2.75) is 6.61 Å². The number of benzene rings is 1. The van der Waals surface area contributed by atoms with Crippen LogP contribution in [0.1, 0.15) is 11.3 Å². The second-order valence-corrected chi connectivity index (χ2v) is 4.05. The highest BCUT2D eigenvalue weighted by atomic mass is 16.5. The van der Waals surface area contributed by atoms with Crippen molar-refractivity contribution in [3.8, 4) is 11.5 Å². The molecule has 0 amide bonds. The summed E-state index contributed by atoms with van der Waals surface area (Å²) in [7, 11) is 0. The molecule has 2 aromatic rings. The van der Waals surface area contributed by atoms with Gasteiger partial charge in [0.05, 0.1) is 11.9 Å². The molecule has 1 aromatic heterocycles. The number of hydrogen-bond donors (Lipinski definition) is 2. The fourth-order valence-electron chi connectivity index (χ4n) is 1.55. The Morgan fingerprint density at radius 1 is 1.30 bits per heavy atom. The van der Waals surface area contributed by atoms with Crippen molar-refractivity contribution >= 4 is 12.0 Å². The van der Waals surface area contributed by atoms with Crippen molar-refractivity contribution in [1.82, 2.24) is 4.98 Å². The summed E-state index contributed by atoms with van der Waals surface area (Å²) in [6.45, 7) is 0.320. The summed E-state index contributed by atoms with van der Waals surface area (Å²) in [5.74, 6) is -0.254. The van der Waals surface area contributed by atoms with Crippen LogP contribution in [-0.4, -0.2) is 21.2 Å². The highest BCUT2D eigenvalue weighted by Crippen LogP contribution is 2.15. The zero-order chi connectivity index (χ0) is 14.4. The largest absolute Gasteiger partial charge is 0.508 e. The Balaban J connectivity index is 1.95. The molecule has 0 unspecified atom stereocenters. The summed E-state index contributed by atoms with van der Waals surface area (Å²) in [5, 5.41) is 17.8. The summed E-state index contributed by atoms with van der Waals surface area (Å²) in [4.78, 5) is 14.4. The lowest BCUT2D eigenvalue weighted by Gasteiger charge is -2.06. The molecule has 0 fully saturated rings. The first kappa shape index (κ1) is 13.6. The Labute approximate surface area is 115 Å². The number of aromatic hydroxyl groups is 1. The average Bonchev–Trinajstić information content (AvgIpc) is 2.44. The van der Waals surface area contributed by atoms with Crippen LogP contribution in [0.3, 0.4) is 0 Å². The number of carboxylic acid groups (broad SMARTS) is 1. The van der Waals surface area contributed by atoms with Gasteiger partial charge in [-0.05, 0) is 35.9 Å². The van der Waals surface area contributed by atoms with E-state index in [1.807, 2.05) is 6.07 Å². The van der Waals surface area contributed by atoms with Crippen molar-refractivity contribution in [1.29, 1.82) is 0 Å². The van der Waals surface area contributed by atoms with Crippen LogP contribution < -0.4 is 4.74 Å². The van der Waals surface area contributed by atoms with E-state index in [-0.39, 0.29) is 5.75 Å². The van der Waals surface area contributed by atoms with Gasteiger partial charge in [-0.15, -0.1) is 0 Å². The molecule has 0 aliphatic rings. The summed E-state index contributed by atoms with van der Waals surface area (Å²) in [5.41, 5.74) is 1.39. The Bertz CT molecular complexity index is 620. The van der Waals surface area contributed by atoms with Gasteiger partial charge in [-0.2, -0.15) is 0 Å². The topological polar surface area (TPSA) is 79.7 Å². The molecule has 0 aliphatic heterocycles. The monoisotopic (exact) mass is 271 g/mol. The third kappa shape index (κ3) is 4.13. The van der Waals surface area contributed by atoms with Gasteiger partial charge in [0.2, 0.25) is 0 Å². The normalized spacial score (nSPS) is 10.6. The van der Waals surface area contributed by atoms with Crippen LogP contribution in [-0.2, 0) is 11.4 Å². The number of phenolic OH excluding ortho intramolecular Hbond substituents is 1. The lowest BCUT2D eigenvalue weighted by molar-refractivity contribution is -0.131. The Hall–Kier alpha value is -2.82. The summed E-state index contributed by atoms with van der Waals surface area (Å²) < 4.78 is 5.51. The van der Waals surface area contributed by atoms with Crippen molar-refractivity contribution in [3.05, 3.63) is 59.9 Å². The molecule has 0 saturated carbocycles. The maximum atomic E-state index is 10.4. The van der Waals surface area contributed by atoms with Crippen molar-refractivity contribution in [2.24, 2.45) is 0 Å². The summed E-state index contributed by atoms with van der Waals surface area (Å²) in [6, 6.07) is 10.2. The van der Waals surface area contributed by atoms with Gasteiger partial charge in [-0.3, -0.25) is 4.98 Å². The van der Waals surface area contributed by atoms with Crippen LogP contribution in [0.4, 0.5) is 0 Å². The van der Waals surface area contributed by atoms with Crippen LogP contribution in [0, 0.1) is 0 Å². The Morgan fingerprint density at radius 2 is 2.15 bits per heavy atom. The second-order valence-electron chi connectivity index (χ2n) is 4.05. The predicted octanol–water partition coefficient (Wildman–Crippen LogP) is 2.46. The average molecular weight is 271 g/mol. The number of ether oxygens (including phenoxy) is 1. The van der Waals surface area contributed by atoms with Crippen molar-refractivity contribution in [2.75, 3.05) is 0 Å². The molecule has 2 N–H and O–H groups in total. The molecule has 1 heterocycles. The van der Waals surface area contributed by atoms with E-state index in [0.717, 1.165) is 11.6 Å². The van der Waals surface area contributed by atoms with E-state index < -0.39 is 5.97 Å². The smallest absolute Gasteiger partial charge is 0.328 e. The molecular formula is C15H13NO4. The second kappa shape index (κ2) is 6.38. The number of hydrogen-bond acceptors (Lipinski definition) is 4. The minimum atomic E-state index is -1.02. The molecule has 0 aliphatic carbocycles. The molecule has 0 spiro atoms. The fraction of sp³-hybridized carbons (Fsp3) is 0.0667. The molecule has 0 bridgehead atoms. The summed E-state index contributed by atoms with van der Waals surface area (Å²) >= 11 is 0. The number of rotatable bonds is 5. The molecule has 1 aromatic carbocycles. The van der Waals surface area contributed by atoms with Gasteiger partial charge in [-0.25, -0.2) is 4.79 Å². The van der Waals surface area contributed by atoms with Gasteiger partial charge in [0.1, 0.15) is 18.1 Å². The van der Waals surface area contributed by atoms with E-state index in [1.165, 1.54) is 12.3 Å². The Kier molecular flexibility index (Phi) is 4.34. The molecule has 0 atom stereocenters. The molecule has 0 radical (unpaired) electrons. The first-order chi connectivity index (χ1) is 9.63. The number of carbonyl (C=O) groups is 1. The lowest BCUT2D eigenvalue weighted by atomic mass is 10.2. The maximum Gasteiger partial charge on any atom is 0.328 e. The van der Waals surface area contributed by atoms with Crippen LogP contribution in [0.5, 0.6) is 11.5 Å². The first-order valence-corrected chi connectivity index (χ1v) is 5.91. The number of pyridine rings is 1. The molecule has 2 rings (SSSR count). The predicted molar refractivity (Wildman–Crippen MR) is 73.3 cm³/mol. The highest BCUT2D eigenvalue weighted by molar-refractivity contribution is 5.84. The van der Waals surface area contributed by atoms with E-state index >= 15 is 0 Å². The van der Waals surface area contributed by atoms with Crippen LogP contribution >= 0.6 is 0 Å². The van der Waals surface area contributed by atoms with E-state index in [0.29, 0.717) is 18.1 Å². The van der Waals surface area contributed by atoms with Crippen LogP contribution in [0.2, 0.25) is 0 Å². The third-order valence-electron chi connectivity index (χ3n) is 2.47.